The summed E-state index contributed by atoms with van der Waals surface area (Å²) in [6.07, 6.45) is -0.728. The van der Waals surface area contributed by atoms with Gasteiger partial charge in [-0.05, 0) is 17.8 Å². The normalized spacial score (nSPS) is 41.1. The molecule has 4 atom stereocenters. The fraction of sp³-hybridized carbons (Fsp3) is 1.00. The van der Waals surface area contributed by atoms with Crippen molar-refractivity contribution in [2.24, 2.45) is 17.3 Å². The van der Waals surface area contributed by atoms with Gasteiger partial charge < -0.3 is 15.3 Å². The summed E-state index contributed by atoms with van der Waals surface area (Å²) in [5.41, 5.74) is -0.00961. The Hall–Kier alpha value is -0.120. The monoisotopic (exact) mass is 188 g/mol. The summed E-state index contributed by atoms with van der Waals surface area (Å²) >= 11 is 0. The van der Waals surface area contributed by atoms with E-state index in [-0.39, 0.29) is 23.9 Å². The highest BCUT2D eigenvalue weighted by atomic mass is 16.3. The first kappa shape index (κ1) is 11.0. The SMILES string of the molecule is CC(C)(C)C1CC(CO)C(O)C1O. The number of rotatable bonds is 1. The highest BCUT2D eigenvalue weighted by molar-refractivity contribution is 4.95. The average Bonchev–Trinajstić information content (AvgIpc) is 2.28. The third kappa shape index (κ3) is 2.03. The lowest BCUT2D eigenvalue weighted by Gasteiger charge is -2.29. The minimum Gasteiger partial charge on any atom is -0.396 e. The molecule has 0 amide bonds. The quantitative estimate of drug-likeness (QED) is 0.557. The Balaban J connectivity index is 2.71. The molecule has 0 aromatic heterocycles. The third-order valence-corrected chi connectivity index (χ3v) is 3.15. The molecule has 0 spiro atoms. The molecule has 0 saturated heterocycles. The second kappa shape index (κ2) is 3.56. The van der Waals surface area contributed by atoms with Crippen molar-refractivity contribution in [1.29, 1.82) is 0 Å². The molecule has 1 saturated carbocycles. The summed E-state index contributed by atoms with van der Waals surface area (Å²) in [5.74, 6) is -0.0705. The summed E-state index contributed by atoms with van der Waals surface area (Å²) < 4.78 is 0. The molecule has 0 heterocycles. The average molecular weight is 188 g/mol. The van der Waals surface area contributed by atoms with E-state index < -0.39 is 12.2 Å². The lowest BCUT2D eigenvalue weighted by Crippen LogP contribution is -2.34. The van der Waals surface area contributed by atoms with E-state index in [1.54, 1.807) is 0 Å². The first-order valence-corrected chi connectivity index (χ1v) is 4.85. The Morgan fingerprint density at radius 1 is 1.15 bits per heavy atom. The minimum atomic E-state index is -0.755. The molecule has 1 fully saturated rings. The van der Waals surface area contributed by atoms with Gasteiger partial charge in [-0.3, -0.25) is 0 Å². The molecule has 3 heteroatoms. The van der Waals surface area contributed by atoms with Crippen LogP contribution in [0.3, 0.4) is 0 Å². The molecule has 0 aromatic carbocycles. The fourth-order valence-electron chi connectivity index (χ4n) is 2.17. The van der Waals surface area contributed by atoms with E-state index in [1.807, 2.05) is 20.8 Å². The van der Waals surface area contributed by atoms with Gasteiger partial charge in [0.1, 0.15) is 0 Å². The van der Waals surface area contributed by atoms with E-state index >= 15 is 0 Å². The highest BCUT2D eigenvalue weighted by Gasteiger charge is 2.45. The maximum absolute atomic E-state index is 9.73. The molecular formula is C10H20O3. The summed E-state index contributed by atoms with van der Waals surface area (Å²) in [6.45, 7) is 6.11. The van der Waals surface area contributed by atoms with Crippen molar-refractivity contribution in [2.75, 3.05) is 6.61 Å². The largest absolute Gasteiger partial charge is 0.396 e. The Bertz CT molecular complexity index is 173. The van der Waals surface area contributed by atoms with Gasteiger partial charge in [-0.1, -0.05) is 20.8 Å². The standard InChI is InChI=1S/C10H20O3/c1-10(2,3)7-4-6(5-11)8(12)9(7)13/h6-9,11-13H,4-5H2,1-3H3. The Morgan fingerprint density at radius 3 is 1.92 bits per heavy atom. The minimum absolute atomic E-state index is 0.00961. The van der Waals surface area contributed by atoms with Crippen LogP contribution in [-0.2, 0) is 0 Å². The second-order valence-corrected chi connectivity index (χ2v) is 5.13. The number of hydrogen-bond donors (Lipinski definition) is 3. The van der Waals surface area contributed by atoms with E-state index in [1.165, 1.54) is 0 Å². The summed E-state index contributed by atoms with van der Waals surface area (Å²) in [5, 5.41) is 28.3. The van der Waals surface area contributed by atoms with E-state index in [9.17, 15) is 10.2 Å². The Labute approximate surface area is 79.4 Å². The van der Waals surface area contributed by atoms with Crippen LogP contribution in [0.15, 0.2) is 0 Å². The maximum Gasteiger partial charge on any atom is 0.0852 e. The van der Waals surface area contributed by atoms with Crippen LogP contribution in [0.2, 0.25) is 0 Å². The molecule has 3 nitrogen and oxygen atoms in total. The second-order valence-electron chi connectivity index (χ2n) is 5.13. The summed E-state index contributed by atoms with van der Waals surface area (Å²) in [7, 11) is 0. The molecule has 4 unspecified atom stereocenters. The number of aliphatic hydroxyl groups is 3. The molecule has 0 radical (unpaired) electrons. The van der Waals surface area contributed by atoms with Crippen LogP contribution in [0.4, 0.5) is 0 Å². The Kier molecular flexibility index (Phi) is 3.00. The van der Waals surface area contributed by atoms with Crippen molar-refractivity contribution in [3.8, 4) is 0 Å². The van der Waals surface area contributed by atoms with Crippen LogP contribution in [-0.4, -0.2) is 34.1 Å². The van der Waals surface area contributed by atoms with Gasteiger partial charge in [-0.2, -0.15) is 0 Å². The van der Waals surface area contributed by atoms with Crippen molar-refractivity contribution < 1.29 is 15.3 Å². The van der Waals surface area contributed by atoms with Gasteiger partial charge in [0.05, 0.1) is 12.2 Å². The summed E-state index contributed by atoms with van der Waals surface area (Å²) in [6, 6.07) is 0. The van der Waals surface area contributed by atoms with Crippen LogP contribution in [0.25, 0.3) is 0 Å². The van der Waals surface area contributed by atoms with E-state index in [4.69, 9.17) is 5.11 Å². The smallest absolute Gasteiger partial charge is 0.0852 e. The van der Waals surface area contributed by atoms with Crippen LogP contribution >= 0.6 is 0 Å². The van der Waals surface area contributed by atoms with Crippen LogP contribution in [0.5, 0.6) is 0 Å². The lowest BCUT2D eigenvalue weighted by atomic mass is 9.78. The molecule has 1 rings (SSSR count). The number of hydrogen-bond acceptors (Lipinski definition) is 3. The zero-order valence-corrected chi connectivity index (χ0v) is 8.57. The van der Waals surface area contributed by atoms with E-state index in [2.05, 4.69) is 0 Å². The Morgan fingerprint density at radius 2 is 1.69 bits per heavy atom. The van der Waals surface area contributed by atoms with Gasteiger partial charge in [0, 0.05) is 12.5 Å². The zero-order valence-electron chi connectivity index (χ0n) is 8.57. The van der Waals surface area contributed by atoms with Crippen LogP contribution < -0.4 is 0 Å². The lowest BCUT2D eigenvalue weighted by molar-refractivity contribution is -0.0231. The van der Waals surface area contributed by atoms with Gasteiger partial charge in [0.15, 0.2) is 0 Å². The van der Waals surface area contributed by atoms with Gasteiger partial charge in [-0.25, -0.2) is 0 Å². The van der Waals surface area contributed by atoms with Crippen molar-refractivity contribution >= 4 is 0 Å². The molecule has 0 aliphatic heterocycles. The van der Waals surface area contributed by atoms with Gasteiger partial charge in [0.2, 0.25) is 0 Å². The topological polar surface area (TPSA) is 60.7 Å². The van der Waals surface area contributed by atoms with E-state index in [0.29, 0.717) is 6.42 Å². The van der Waals surface area contributed by atoms with Crippen molar-refractivity contribution in [3.63, 3.8) is 0 Å². The molecule has 0 bridgehead atoms. The van der Waals surface area contributed by atoms with Gasteiger partial charge in [0.25, 0.3) is 0 Å². The first-order chi connectivity index (χ1) is 5.88. The van der Waals surface area contributed by atoms with Gasteiger partial charge >= 0.3 is 0 Å². The number of aliphatic hydroxyl groups excluding tert-OH is 3. The third-order valence-electron chi connectivity index (χ3n) is 3.15. The molecular weight excluding hydrogens is 168 g/mol. The van der Waals surface area contributed by atoms with Crippen LogP contribution in [0, 0.1) is 17.3 Å². The molecule has 3 N–H and O–H groups in total. The van der Waals surface area contributed by atoms with Crippen molar-refractivity contribution in [2.45, 2.75) is 39.4 Å². The predicted octanol–water partition coefficient (Wildman–Crippen LogP) is 0.383. The van der Waals surface area contributed by atoms with E-state index in [0.717, 1.165) is 0 Å². The predicted molar refractivity (Wildman–Crippen MR) is 50.2 cm³/mol. The van der Waals surface area contributed by atoms with Crippen molar-refractivity contribution in [3.05, 3.63) is 0 Å². The molecule has 1 aliphatic carbocycles. The zero-order chi connectivity index (χ0) is 10.2. The molecule has 13 heavy (non-hydrogen) atoms. The molecule has 1 aliphatic rings. The van der Waals surface area contributed by atoms with Gasteiger partial charge in [-0.15, -0.1) is 0 Å². The maximum atomic E-state index is 9.73. The van der Waals surface area contributed by atoms with Crippen LogP contribution in [0.1, 0.15) is 27.2 Å². The van der Waals surface area contributed by atoms with Crippen molar-refractivity contribution in [1.82, 2.24) is 0 Å². The highest BCUT2D eigenvalue weighted by Crippen LogP contribution is 2.42. The fourth-order valence-corrected chi connectivity index (χ4v) is 2.17. The first-order valence-electron chi connectivity index (χ1n) is 4.85. The summed E-state index contributed by atoms with van der Waals surface area (Å²) in [4.78, 5) is 0. The molecule has 0 aromatic rings. The molecule has 78 valence electrons.